The van der Waals surface area contributed by atoms with Crippen LogP contribution in [0.4, 0.5) is 5.69 Å². The molecule has 150 valence electrons. The van der Waals surface area contributed by atoms with Crippen molar-refractivity contribution in [2.75, 3.05) is 18.4 Å². The Morgan fingerprint density at radius 3 is 2.48 bits per heavy atom. The van der Waals surface area contributed by atoms with Crippen LogP contribution in [0.5, 0.6) is 0 Å². The summed E-state index contributed by atoms with van der Waals surface area (Å²) in [6.45, 7) is 3.06. The van der Waals surface area contributed by atoms with Gasteiger partial charge in [0.2, 0.25) is 10.0 Å². The van der Waals surface area contributed by atoms with Gasteiger partial charge in [0, 0.05) is 29.5 Å². The second-order valence-corrected chi connectivity index (χ2v) is 10.7. The first-order chi connectivity index (χ1) is 13.9. The third-order valence-corrected chi connectivity index (χ3v) is 8.49. The van der Waals surface area contributed by atoms with Gasteiger partial charge in [0.05, 0.1) is 21.8 Å². The summed E-state index contributed by atoms with van der Waals surface area (Å²) < 4.78 is 30.9. The lowest BCUT2D eigenvalue weighted by atomic mass is 9.83. The van der Waals surface area contributed by atoms with E-state index in [9.17, 15) is 8.42 Å². The monoisotopic (exact) mass is 471 g/mol. The van der Waals surface area contributed by atoms with Crippen molar-refractivity contribution in [3.05, 3.63) is 76.5 Å². The maximum atomic E-state index is 13.1. The van der Waals surface area contributed by atoms with Gasteiger partial charge >= 0.3 is 0 Å². The minimum atomic E-state index is -3.49. The molecule has 5 rings (SSSR count). The van der Waals surface area contributed by atoms with Crippen molar-refractivity contribution in [2.24, 2.45) is 0 Å². The second kappa shape index (κ2) is 6.72. The molecule has 29 heavy (non-hydrogen) atoms. The Kier molecular flexibility index (Phi) is 4.38. The molecule has 7 heteroatoms. The number of anilines is 1. The highest BCUT2D eigenvalue weighted by atomic mass is 79.9. The number of hydrogen-bond acceptors (Lipinski definition) is 3. The van der Waals surface area contributed by atoms with E-state index in [1.54, 1.807) is 28.6 Å². The molecule has 1 aromatic heterocycles. The number of benzene rings is 2. The molecule has 2 aliphatic rings. The predicted octanol–water partition coefficient (Wildman–Crippen LogP) is 4.65. The molecule has 0 aliphatic carbocycles. The smallest absolute Gasteiger partial charge is 0.243 e. The van der Waals surface area contributed by atoms with E-state index >= 15 is 0 Å². The zero-order valence-electron chi connectivity index (χ0n) is 16.1. The molecule has 0 atom stereocenters. The highest BCUT2D eigenvalue weighted by Gasteiger charge is 2.43. The Hall–Kier alpha value is -2.09. The molecule has 0 amide bonds. The molecule has 0 saturated carbocycles. The molecule has 2 aromatic carbocycles. The van der Waals surface area contributed by atoms with Gasteiger partial charge in [-0.05, 0) is 73.9 Å². The normalized spacial score (nSPS) is 18.1. The van der Waals surface area contributed by atoms with Crippen LogP contribution in [-0.4, -0.2) is 30.4 Å². The number of nitrogens with zero attached hydrogens (tertiary/aromatic N) is 2. The molecule has 5 nitrogen and oxygen atoms in total. The molecule has 3 heterocycles. The number of aryl methyl sites for hydroxylation is 1. The number of nitrogens with one attached hydrogen (secondary N) is 1. The van der Waals surface area contributed by atoms with Crippen molar-refractivity contribution in [3.8, 4) is 5.69 Å². The fraction of sp³-hybridized carbons (Fsp3) is 0.273. The average Bonchev–Trinajstić information content (AvgIpc) is 3.20. The van der Waals surface area contributed by atoms with Crippen LogP contribution in [0.3, 0.4) is 0 Å². The van der Waals surface area contributed by atoms with E-state index in [0.717, 1.165) is 28.7 Å². The van der Waals surface area contributed by atoms with Crippen LogP contribution in [0.2, 0.25) is 0 Å². The molecule has 1 spiro atoms. The van der Waals surface area contributed by atoms with Crippen molar-refractivity contribution in [3.63, 3.8) is 0 Å². The Balaban J connectivity index is 1.45. The standard InChI is InChI=1S/C22H22BrN3O2S/c1-16-4-9-20-19(15-16)24-22(21-3-2-12-26(20)21)10-13-25(14-11-22)29(27,28)18-7-5-17(23)6-8-18/h2-9,12,15,24H,10-11,13-14H2,1H3. The van der Waals surface area contributed by atoms with Crippen LogP contribution in [0.1, 0.15) is 24.1 Å². The van der Waals surface area contributed by atoms with Gasteiger partial charge in [-0.3, -0.25) is 0 Å². The molecule has 2 aliphatic heterocycles. The molecule has 1 N–H and O–H groups in total. The molecule has 1 saturated heterocycles. The molecular weight excluding hydrogens is 450 g/mol. The van der Waals surface area contributed by atoms with Gasteiger partial charge in [-0.25, -0.2) is 8.42 Å². The average molecular weight is 472 g/mol. The van der Waals surface area contributed by atoms with E-state index < -0.39 is 10.0 Å². The van der Waals surface area contributed by atoms with Crippen molar-refractivity contribution < 1.29 is 8.42 Å². The zero-order chi connectivity index (χ0) is 20.2. The molecular formula is C22H22BrN3O2S. The molecule has 0 bridgehead atoms. The van der Waals surface area contributed by atoms with Crippen LogP contribution < -0.4 is 5.32 Å². The van der Waals surface area contributed by atoms with Crippen LogP contribution in [0.15, 0.2) is 70.2 Å². The summed E-state index contributed by atoms with van der Waals surface area (Å²) in [5.74, 6) is 0. The number of hydrogen-bond donors (Lipinski definition) is 1. The first kappa shape index (κ1) is 18.9. The van der Waals surface area contributed by atoms with Crippen LogP contribution >= 0.6 is 15.9 Å². The maximum Gasteiger partial charge on any atom is 0.243 e. The number of halogens is 1. The lowest BCUT2D eigenvalue weighted by Crippen LogP contribution is -2.51. The van der Waals surface area contributed by atoms with E-state index in [2.05, 4.69) is 69.3 Å². The fourth-order valence-electron chi connectivity index (χ4n) is 4.51. The number of fused-ring (bicyclic) bond motifs is 4. The Bertz CT molecular complexity index is 1180. The van der Waals surface area contributed by atoms with Gasteiger partial charge in [-0.1, -0.05) is 22.0 Å². The van der Waals surface area contributed by atoms with E-state index in [-0.39, 0.29) is 5.54 Å². The van der Waals surface area contributed by atoms with E-state index in [0.29, 0.717) is 18.0 Å². The Morgan fingerprint density at radius 1 is 1.03 bits per heavy atom. The minimum absolute atomic E-state index is 0.254. The van der Waals surface area contributed by atoms with Crippen LogP contribution in [0.25, 0.3) is 5.69 Å². The number of sulfonamides is 1. The summed E-state index contributed by atoms with van der Waals surface area (Å²) in [4.78, 5) is 0.345. The molecule has 0 radical (unpaired) electrons. The fourth-order valence-corrected chi connectivity index (χ4v) is 6.21. The van der Waals surface area contributed by atoms with Crippen molar-refractivity contribution in [1.82, 2.24) is 8.87 Å². The topological polar surface area (TPSA) is 54.3 Å². The first-order valence-electron chi connectivity index (χ1n) is 9.72. The second-order valence-electron chi connectivity index (χ2n) is 7.85. The summed E-state index contributed by atoms with van der Waals surface area (Å²) in [5, 5.41) is 3.77. The lowest BCUT2D eigenvalue weighted by Gasteiger charge is -2.46. The molecule has 0 unspecified atom stereocenters. The Labute approximate surface area is 179 Å². The van der Waals surface area contributed by atoms with Crippen LogP contribution in [0, 0.1) is 6.92 Å². The van der Waals surface area contributed by atoms with Gasteiger partial charge < -0.3 is 9.88 Å². The minimum Gasteiger partial charge on any atom is -0.372 e. The van der Waals surface area contributed by atoms with Gasteiger partial charge in [0.15, 0.2) is 0 Å². The predicted molar refractivity (Wildman–Crippen MR) is 118 cm³/mol. The summed E-state index contributed by atoms with van der Waals surface area (Å²) in [7, 11) is -3.49. The third kappa shape index (κ3) is 3.03. The molecule has 3 aromatic rings. The zero-order valence-corrected chi connectivity index (χ0v) is 18.5. The van der Waals surface area contributed by atoms with E-state index in [1.807, 2.05) is 0 Å². The van der Waals surface area contributed by atoms with Gasteiger partial charge in [-0.15, -0.1) is 0 Å². The van der Waals surface area contributed by atoms with Gasteiger partial charge in [0.25, 0.3) is 0 Å². The highest BCUT2D eigenvalue weighted by Crippen LogP contribution is 2.44. The van der Waals surface area contributed by atoms with Crippen molar-refractivity contribution in [2.45, 2.75) is 30.2 Å². The van der Waals surface area contributed by atoms with Crippen LogP contribution in [-0.2, 0) is 15.6 Å². The van der Waals surface area contributed by atoms with E-state index in [4.69, 9.17) is 0 Å². The van der Waals surface area contributed by atoms with E-state index in [1.165, 1.54) is 11.3 Å². The number of aromatic nitrogens is 1. The number of piperidine rings is 1. The maximum absolute atomic E-state index is 13.1. The summed E-state index contributed by atoms with van der Waals surface area (Å²) in [6, 6.07) is 17.5. The highest BCUT2D eigenvalue weighted by molar-refractivity contribution is 9.10. The SMILES string of the molecule is Cc1ccc2c(c1)NC1(CCN(S(=O)(=O)c3ccc(Br)cc3)CC1)c1cccn1-2. The summed E-state index contributed by atoms with van der Waals surface area (Å²) in [5.41, 5.74) is 4.41. The third-order valence-electron chi connectivity index (χ3n) is 6.05. The Morgan fingerprint density at radius 2 is 1.76 bits per heavy atom. The van der Waals surface area contributed by atoms with Crippen molar-refractivity contribution >= 4 is 31.6 Å². The first-order valence-corrected chi connectivity index (χ1v) is 12.0. The van der Waals surface area contributed by atoms with Gasteiger partial charge in [-0.2, -0.15) is 4.31 Å². The largest absolute Gasteiger partial charge is 0.372 e. The van der Waals surface area contributed by atoms with Crippen molar-refractivity contribution in [1.29, 1.82) is 0 Å². The summed E-state index contributed by atoms with van der Waals surface area (Å²) in [6.07, 6.45) is 3.54. The van der Waals surface area contributed by atoms with Gasteiger partial charge in [0.1, 0.15) is 0 Å². The quantitative estimate of drug-likeness (QED) is 0.591. The summed E-state index contributed by atoms with van der Waals surface area (Å²) >= 11 is 3.37. The lowest BCUT2D eigenvalue weighted by molar-refractivity contribution is 0.247. The number of rotatable bonds is 2. The molecule has 1 fully saturated rings.